The van der Waals surface area contributed by atoms with E-state index in [-0.39, 0.29) is 46.9 Å². The Labute approximate surface area is 399 Å². The predicted octanol–water partition coefficient (Wildman–Crippen LogP) is 10.1. The molecule has 346 valence electrons. The third-order valence-corrected chi connectivity index (χ3v) is 13.9. The molecule has 0 spiro atoms. The first-order valence-electron chi connectivity index (χ1n) is 21.0. The maximum absolute atomic E-state index is 14.3. The first-order valence-corrected chi connectivity index (χ1v) is 23.6. The molecule has 3 aromatic heterocycles. The second-order valence-corrected chi connectivity index (χ2v) is 18.6. The van der Waals surface area contributed by atoms with Crippen molar-refractivity contribution in [1.29, 1.82) is 0 Å². The van der Waals surface area contributed by atoms with E-state index < -0.39 is 40.7 Å². The van der Waals surface area contributed by atoms with Gasteiger partial charge in [0.15, 0.2) is 11.9 Å². The molecule has 0 unspecified atom stereocenters. The molecule has 0 radical (unpaired) electrons. The van der Waals surface area contributed by atoms with Gasteiger partial charge in [0, 0.05) is 28.6 Å². The largest absolute Gasteiger partial charge is 0.496 e. The Morgan fingerprint density at radius 2 is 1.71 bits per heavy atom. The van der Waals surface area contributed by atoms with E-state index in [0.29, 0.717) is 71.5 Å². The van der Waals surface area contributed by atoms with Crippen LogP contribution in [-0.4, -0.2) is 72.0 Å². The molecule has 5 heterocycles. The molecule has 0 fully saturated rings. The number of aryl methyl sites for hydroxylation is 1. The smallest absolute Gasteiger partial charge is 0.345 e. The first-order chi connectivity index (χ1) is 32.8. The van der Waals surface area contributed by atoms with Gasteiger partial charge < -0.3 is 28.8 Å². The Kier molecular flexibility index (Phi) is 13.2. The number of benzene rings is 5. The van der Waals surface area contributed by atoms with Gasteiger partial charge in [-0.1, -0.05) is 59.6 Å². The standard InChI is InChI=1S/C50H40ClFN4O10S2/c1-28-8-15-36(16-9-28)68(59,60)64-26-35-25-62-34-14-18-39(63-24-33-20-21-53-47(56-33)38-6-4-5-7-40(38)61-3)31(22-34)23-42(50(57)58)66-48-44-43(37-17-19-41(65-35)45(51)29(37)2)46(67-49(44)55-27-54-48)30-10-12-32(52)13-11-30/h4-22,27,35,42H,23-26H2,1-3H3,(H,57,58)/t35-,42+/m0/s1. The molecule has 0 saturated carbocycles. The quantitative estimate of drug-likeness (QED) is 0.121. The van der Waals surface area contributed by atoms with Crippen LogP contribution in [0.1, 0.15) is 22.4 Å². The number of rotatable bonds is 11. The SMILES string of the molecule is COc1ccccc1-c1nccc(COc2ccc3cc2C[C@H](C(=O)O)Oc2ncnc4sc(-c5ccc(F)cc5)c(c24)-c2ccc(c(Cl)c2C)O[C@H](COS(=O)(=O)c2ccc(C)cc2)CO3)n1. The maximum atomic E-state index is 14.3. The zero-order chi connectivity index (χ0) is 47.5. The van der Waals surface area contributed by atoms with E-state index in [2.05, 4.69) is 15.0 Å². The molecule has 0 amide bonds. The van der Waals surface area contributed by atoms with E-state index in [4.69, 9.17) is 44.5 Å². The number of hydrogen-bond donors (Lipinski definition) is 1. The number of hydrogen-bond acceptors (Lipinski definition) is 14. The fourth-order valence-corrected chi connectivity index (χ4v) is 9.85. The number of aromatic nitrogens is 4. The van der Waals surface area contributed by atoms with Crippen LogP contribution >= 0.6 is 22.9 Å². The number of aliphatic carboxylic acids is 1. The van der Waals surface area contributed by atoms with Crippen molar-refractivity contribution in [3.63, 3.8) is 0 Å². The highest BCUT2D eigenvalue weighted by Crippen LogP contribution is 2.50. The third-order valence-electron chi connectivity index (χ3n) is 11.0. The van der Waals surface area contributed by atoms with E-state index in [1.54, 1.807) is 80.9 Å². The van der Waals surface area contributed by atoms with E-state index in [1.165, 1.54) is 41.9 Å². The summed E-state index contributed by atoms with van der Waals surface area (Å²) >= 11 is 8.41. The second kappa shape index (κ2) is 19.6. The van der Waals surface area contributed by atoms with Gasteiger partial charge in [-0.05, 0) is 97.3 Å². The van der Waals surface area contributed by atoms with Crippen LogP contribution in [0, 0.1) is 19.7 Å². The van der Waals surface area contributed by atoms with Gasteiger partial charge in [0.2, 0.25) is 12.0 Å². The Morgan fingerprint density at radius 1 is 0.912 bits per heavy atom. The van der Waals surface area contributed by atoms with Crippen LogP contribution in [0.3, 0.4) is 0 Å². The molecule has 2 aliphatic heterocycles. The number of ether oxygens (including phenoxy) is 5. The van der Waals surface area contributed by atoms with Gasteiger partial charge in [0.25, 0.3) is 10.1 Å². The van der Waals surface area contributed by atoms with Crippen molar-refractivity contribution in [3.05, 3.63) is 155 Å². The summed E-state index contributed by atoms with van der Waals surface area (Å²) < 4.78 is 77.7. The molecule has 14 nitrogen and oxygen atoms in total. The Balaban J connectivity index is 1.14. The lowest BCUT2D eigenvalue weighted by atomic mass is 9.96. The average Bonchev–Trinajstić information content (AvgIpc) is 3.73. The van der Waals surface area contributed by atoms with Gasteiger partial charge in [0.05, 0.1) is 33.7 Å². The van der Waals surface area contributed by atoms with Crippen molar-refractivity contribution in [2.75, 3.05) is 20.3 Å². The van der Waals surface area contributed by atoms with E-state index in [9.17, 15) is 22.7 Å². The molecule has 8 aromatic rings. The number of thiophene rings is 1. The van der Waals surface area contributed by atoms with Gasteiger partial charge >= 0.3 is 5.97 Å². The number of fused-ring (bicyclic) bond motifs is 7. The highest BCUT2D eigenvalue weighted by Gasteiger charge is 2.30. The van der Waals surface area contributed by atoms with Crippen LogP contribution in [0.25, 0.3) is 43.2 Å². The molecule has 4 bridgehead atoms. The Bertz CT molecular complexity index is 3280. The monoisotopic (exact) mass is 974 g/mol. The number of methoxy groups -OCH3 is 1. The molecular weight excluding hydrogens is 935 g/mol. The second-order valence-electron chi connectivity index (χ2n) is 15.6. The Morgan fingerprint density at radius 3 is 2.49 bits per heavy atom. The van der Waals surface area contributed by atoms with Crippen LogP contribution < -0.4 is 23.7 Å². The lowest BCUT2D eigenvalue weighted by molar-refractivity contribution is -0.145. The minimum absolute atomic E-state index is 0.0195. The van der Waals surface area contributed by atoms with Crippen molar-refractivity contribution < 1.29 is 50.6 Å². The molecule has 5 aromatic carbocycles. The summed E-state index contributed by atoms with van der Waals surface area (Å²) in [6.07, 6.45) is 0.0507. The van der Waals surface area contributed by atoms with Crippen molar-refractivity contribution in [2.24, 2.45) is 0 Å². The van der Waals surface area contributed by atoms with Crippen LogP contribution in [0.15, 0.2) is 127 Å². The van der Waals surface area contributed by atoms with E-state index in [1.807, 2.05) is 31.2 Å². The van der Waals surface area contributed by atoms with Crippen molar-refractivity contribution >= 4 is 49.2 Å². The number of carboxylic acid groups (broad SMARTS) is 1. The summed E-state index contributed by atoms with van der Waals surface area (Å²) in [5.41, 5.74) is 4.80. The summed E-state index contributed by atoms with van der Waals surface area (Å²) in [7, 11) is -2.68. The fourth-order valence-electron chi connectivity index (χ4n) is 7.55. The zero-order valence-electron chi connectivity index (χ0n) is 36.5. The number of halogens is 2. The fraction of sp³-hybridized carbons (Fsp3) is 0.180. The molecule has 2 aliphatic rings. The van der Waals surface area contributed by atoms with Gasteiger partial charge in [-0.2, -0.15) is 8.42 Å². The molecule has 10 rings (SSSR count). The van der Waals surface area contributed by atoms with Crippen LogP contribution in [0.5, 0.6) is 28.9 Å². The number of para-hydroxylation sites is 1. The normalized spacial score (nSPS) is 14.9. The number of nitrogens with zero attached hydrogens (tertiary/aromatic N) is 4. The zero-order valence-corrected chi connectivity index (χ0v) is 38.9. The maximum Gasteiger partial charge on any atom is 0.345 e. The lowest BCUT2D eigenvalue weighted by Gasteiger charge is -2.22. The molecule has 0 saturated heterocycles. The highest BCUT2D eigenvalue weighted by molar-refractivity contribution is 7.86. The summed E-state index contributed by atoms with van der Waals surface area (Å²) in [6, 6.07) is 29.5. The van der Waals surface area contributed by atoms with Gasteiger partial charge in [0.1, 0.15) is 59.8 Å². The van der Waals surface area contributed by atoms with Gasteiger partial charge in [-0.15, -0.1) is 11.3 Å². The minimum atomic E-state index is -4.24. The molecular formula is C50H40ClFN4O10S2. The summed E-state index contributed by atoms with van der Waals surface area (Å²) in [5.74, 6) is 0.0206. The van der Waals surface area contributed by atoms with Crippen LogP contribution in [-0.2, 0) is 32.1 Å². The molecule has 2 atom stereocenters. The molecule has 1 N–H and O–H groups in total. The van der Waals surface area contributed by atoms with E-state index >= 15 is 0 Å². The topological polar surface area (TPSA) is 178 Å². The molecule has 68 heavy (non-hydrogen) atoms. The average molecular weight is 975 g/mol. The third kappa shape index (κ3) is 9.78. The van der Waals surface area contributed by atoms with E-state index in [0.717, 1.165) is 5.56 Å². The van der Waals surface area contributed by atoms with Gasteiger partial charge in [-0.3, -0.25) is 4.18 Å². The van der Waals surface area contributed by atoms with Crippen LogP contribution in [0.2, 0.25) is 5.02 Å². The van der Waals surface area contributed by atoms with Crippen LogP contribution in [0.4, 0.5) is 4.39 Å². The Hall–Kier alpha value is -7.18. The van der Waals surface area contributed by atoms with Crippen molar-refractivity contribution in [1.82, 2.24) is 19.9 Å². The highest BCUT2D eigenvalue weighted by atomic mass is 35.5. The summed E-state index contributed by atoms with van der Waals surface area (Å²) in [5, 5.41) is 11.4. The first kappa shape index (κ1) is 46.0. The van der Waals surface area contributed by atoms with Gasteiger partial charge in [-0.25, -0.2) is 29.1 Å². The lowest BCUT2D eigenvalue weighted by Crippen LogP contribution is -2.31. The predicted molar refractivity (Wildman–Crippen MR) is 253 cm³/mol. The van der Waals surface area contributed by atoms with Crippen molar-refractivity contribution in [3.8, 4) is 61.8 Å². The molecule has 0 aliphatic carbocycles. The summed E-state index contributed by atoms with van der Waals surface area (Å²) in [4.78, 5) is 32.5. The molecule has 18 heteroatoms. The van der Waals surface area contributed by atoms with Crippen molar-refractivity contribution in [2.45, 2.75) is 44.0 Å². The number of carbonyl (C=O) groups is 1. The number of carboxylic acids is 1. The minimum Gasteiger partial charge on any atom is -0.496 e. The summed E-state index contributed by atoms with van der Waals surface area (Å²) in [6.45, 7) is 2.86.